The highest BCUT2D eigenvalue weighted by atomic mass is 32.1. The molecule has 0 bridgehead atoms. The summed E-state index contributed by atoms with van der Waals surface area (Å²) >= 11 is 1.60. The minimum absolute atomic E-state index is 0.0552. The quantitative estimate of drug-likeness (QED) is 0.866. The summed E-state index contributed by atoms with van der Waals surface area (Å²) in [5, 5.41) is 10.2. The van der Waals surface area contributed by atoms with Crippen molar-refractivity contribution >= 4 is 22.9 Å². The molecule has 2 atom stereocenters. The monoisotopic (exact) mass is 358 g/mol. The van der Waals surface area contributed by atoms with Crippen LogP contribution in [0.25, 0.3) is 10.4 Å². The lowest BCUT2D eigenvalue weighted by atomic mass is 9.98. The van der Waals surface area contributed by atoms with Crippen molar-refractivity contribution in [1.82, 2.24) is 15.5 Å². The van der Waals surface area contributed by atoms with Gasteiger partial charge in [-0.05, 0) is 37.7 Å². The maximum Gasteiger partial charge on any atom is 0.263 e. The molecule has 7 heteroatoms. The number of thiophene rings is 1. The van der Waals surface area contributed by atoms with Crippen molar-refractivity contribution in [2.75, 3.05) is 24.6 Å². The van der Waals surface area contributed by atoms with E-state index >= 15 is 0 Å². The van der Waals surface area contributed by atoms with Gasteiger partial charge < -0.3 is 15.0 Å². The molecule has 2 N–H and O–H groups in total. The van der Waals surface area contributed by atoms with Gasteiger partial charge in [0.05, 0.1) is 24.0 Å². The highest BCUT2D eigenvalue weighted by Crippen LogP contribution is 2.45. The van der Waals surface area contributed by atoms with Crippen molar-refractivity contribution in [2.45, 2.75) is 44.2 Å². The first kappa shape index (κ1) is 15.4. The fourth-order valence-corrected chi connectivity index (χ4v) is 5.59. The second-order valence-electron chi connectivity index (χ2n) is 7.11. The van der Waals surface area contributed by atoms with Gasteiger partial charge in [0, 0.05) is 36.3 Å². The smallest absolute Gasteiger partial charge is 0.263 e. The highest BCUT2D eigenvalue weighted by molar-refractivity contribution is 7.18. The minimum atomic E-state index is 0.0552. The number of nitrogens with one attached hydrogen (secondary N) is 2. The van der Waals surface area contributed by atoms with E-state index in [9.17, 15) is 4.79 Å². The van der Waals surface area contributed by atoms with Gasteiger partial charge in [0.1, 0.15) is 4.88 Å². The van der Waals surface area contributed by atoms with Gasteiger partial charge in [0.15, 0.2) is 0 Å². The number of ether oxygens (including phenoxy) is 1. The van der Waals surface area contributed by atoms with Gasteiger partial charge in [-0.3, -0.25) is 9.89 Å². The first-order valence-corrected chi connectivity index (χ1v) is 9.95. The van der Waals surface area contributed by atoms with Crippen molar-refractivity contribution in [1.29, 1.82) is 0 Å². The first-order chi connectivity index (χ1) is 12.3. The highest BCUT2D eigenvalue weighted by Gasteiger charge is 2.37. The van der Waals surface area contributed by atoms with Crippen LogP contribution in [0.3, 0.4) is 0 Å². The van der Waals surface area contributed by atoms with E-state index in [2.05, 4.69) is 20.4 Å². The fraction of sp³-hybridized carbons (Fsp3) is 0.556. The van der Waals surface area contributed by atoms with E-state index in [1.807, 2.05) is 12.4 Å². The topological polar surface area (TPSA) is 70.2 Å². The lowest BCUT2D eigenvalue weighted by molar-refractivity contribution is -0.00489. The maximum atomic E-state index is 13.0. The molecule has 6 nitrogen and oxygen atoms in total. The number of amides is 1. The number of aromatic nitrogens is 2. The minimum Gasteiger partial charge on any atom is -0.376 e. The zero-order valence-corrected chi connectivity index (χ0v) is 14.9. The summed E-state index contributed by atoms with van der Waals surface area (Å²) in [5.41, 5.74) is 3.55. The second-order valence-corrected chi connectivity index (χ2v) is 8.13. The molecule has 5 heterocycles. The number of carbonyl (C=O) groups is 1. The Morgan fingerprint density at radius 2 is 2.24 bits per heavy atom. The molecule has 1 saturated heterocycles. The standard InChI is InChI=1S/C18H22N4O2S/c23-18-17-15-12(16(25-17)11-8-19-20-9-11)4-3-6-22(15)10-13(21-18)14-5-1-2-7-24-14/h8-9,13-14H,1-7,10H2,(H,19,20)(H,21,23)/t13-,14+/m1/s1. The summed E-state index contributed by atoms with van der Waals surface area (Å²) in [6.45, 7) is 2.67. The van der Waals surface area contributed by atoms with Crippen LogP contribution >= 0.6 is 11.3 Å². The Balaban J connectivity index is 1.53. The van der Waals surface area contributed by atoms with Crippen LogP contribution in [-0.2, 0) is 11.2 Å². The normalized spacial score (nSPS) is 26.1. The number of aromatic amines is 1. The molecule has 0 aliphatic carbocycles. The molecule has 0 radical (unpaired) electrons. The van der Waals surface area contributed by atoms with Crippen LogP contribution in [0.5, 0.6) is 0 Å². The molecule has 2 aromatic rings. The second kappa shape index (κ2) is 6.14. The van der Waals surface area contributed by atoms with Crippen LogP contribution in [-0.4, -0.2) is 47.9 Å². The summed E-state index contributed by atoms with van der Waals surface area (Å²) in [6, 6.07) is 0.0794. The Morgan fingerprint density at radius 1 is 1.28 bits per heavy atom. The molecule has 25 heavy (non-hydrogen) atoms. The number of rotatable bonds is 2. The summed E-state index contributed by atoms with van der Waals surface area (Å²) < 4.78 is 5.97. The Kier molecular flexibility index (Phi) is 3.78. The average molecular weight is 358 g/mol. The Bertz CT molecular complexity index is 779. The molecule has 1 fully saturated rings. The van der Waals surface area contributed by atoms with E-state index in [0.717, 1.165) is 61.5 Å². The van der Waals surface area contributed by atoms with Crippen molar-refractivity contribution in [3.05, 3.63) is 22.8 Å². The lowest BCUT2D eigenvalue weighted by Gasteiger charge is -2.35. The zero-order valence-electron chi connectivity index (χ0n) is 14.1. The molecule has 3 aliphatic rings. The average Bonchev–Trinajstić information content (AvgIpc) is 3.26. The van der Waals surface area contributed by atoms with Crippen molar-refractivity contribution in [2.24, 2.45) is 0 Å². The Hall–Kier alpha value is -1.86. The van der Waals surface area contributed by atoms with Gasteiger partial charge in [-0.15, -0.1) is 11.3 Å². The SMILES string of the molecule is O=C1N[C@@H]([C@@H]2CCCCO2)CN2CCCc3c(-c4cn[nH]c4)sc1c32. The van der Waals surface area contributed by atoms with Crippen molar-refractivity contribution in [3.63, 3.8) is 0 Å². The van der Waals surface area contributed by atoms with Gasteiger partial charge in [-0.1, -0.05) is 0 Å². The fourth-order valence-electron chi connectivity index (χ4n) is 4.34. The molecular formula is C18H22N4O2S. The third-order valence-corrected chi connectivity index (χ3v) is 6.78. The molecule has 0 spiro atoms. The molecule has 2 aromatic heterocycles. The lowest BCUT2D eigenvalue weighted by Crippen LogP contribution is -2.50. The Labute approximate surface area is 150 Å². The summed E-state index contributed by atoms with van der Waals surface area (Å²) in [4.78, 5) is 17.4. The molecule has 5 rings (SSSR count). The van der Waals surface area contributed by atoms with E-state index in [0.29, 0.717) is 0 Å². The Morgan fingerprint density at radius 3 is 3.04 bits per heavy atom. The molecular weight excluding hydrogens is 336 g/mol. The van der Waals surface area contributed by atoms with Gasteiger partial charge in [-0.25, -0.2) is 0 Å². The van der Waals surface area contributed by atoms with Crippen LogP contribution in [0.2, 0.25) is 0 Å². The molecule has 0 aromatic carbocycles. The van der Waals surface area contributed by atoms with Crippen LogP contribution in [0.1, 0.15) is 40.9 Å². The van der Waals surface area contributed by atoms with Crippen molar-refractivity contribution < 1.29 is 9.53 Å². The summed E-state index contributed by atoms with van der Waals surface area (Å²) in [5.74, 6) is 0.0552. The number of hydrogen-bond acceptors (Lipinski definition) is 5. The third-order valence-electron chi connectivity index (χ3n) is 5.51. The largest absolute Gasteiger partial charge is 0.376 e. The van der Waals surface area contributed by atoms with Gasteiger partial charge >= 0.3 is 0 Å². The molecule has 0 unspecified atom stereocenters. The predicted octanol–water partition coefficient (Wildman–Crippen LogP) is 2.57. The van der Waals surface area contributed by atoms with Crippen molar-refractivity contribution in [3.8, 4) is 10.4 Å². The van der Waals surface area contributed by atoms with E-state index < -0.39 is 0 Å². The van der Waals surface area contributed by atoms with Crippen LogP contribution in [0.15, 0.2) is 12.4 Å². The number of anilines is 1. The first-order valence-electron chi connectivity index (χ1n) is 9.13. The number of hydrogen-bond donors (Lipinski definition) is 2. The van der Waals surface area contributed by atoms with E-state index in [4.69, 9.17) is 4.74 Å². The van der Waals surface area contributed by atoms with E-state index in [1.165, 1.54) is 16.9 Å². The van der Waals surface area contributed by atoms with Gasteiger partial charge in [0.2, 0.25) is 0 Å². The van der Waals surface area contributed by atoms with E-state index in [-0.39, 0.29) is 18.1 Å². The van der Waals surface area contributed by atoms with E-state index in [1.54, 1.807) is 11.3 Å². The van der Waals surface area contributed by atoms with Gasteiger partial charge in [0.25, 0.3) is 5.91 Å². The number of H-pyrrole nitrogens is 1. The maximum absolute atomic E-state index is 13.0. The summed E-state index contributed by atoms with van der Waals surface area (Å²) in [7, 11) is 0. The van der Waals surface area contributed by atoms with Gasteiger partial charge in [-0.2, -0.15) is 5.10 Å². The predicted molar refractivity (Wildman–Crippen MR) is 97.3 cm³/mol. The van der Waals surface area contributed by atoms with Crippen LogP contribution in [0, 0.1) is 0 Å². The summed E-state index contributed by atoms with van der Waals surface area (Å²) in [6.07, 6.45) is 9.42. The number of nitrogens with zero attached hydrogens (tertiary/aromatic N) is 2. The number of carbonyl (C=O) groups excluding carboxylic acids is 1. The molecule has 1 amide bonds. The zero-order chi connectivity index (χ0) is 16.8. The molecule has 3 aliphatic heterocycles. The molecule has 0 saturated carbocycles. The van der Waals surface area contributed by atoms with Crippen LogP contribution < -0.4 is 10.2 Å². The van der Waals surface area contributed by atoms with Crippen LogP contribution in [0.4, 0.5) is 5.69 Å². The third kappa shape index (κ3) is 2.57. The molecule has 132 valence electrons.